The van der Waals surface area contributed by atoms with Crippen molar-refractivity contribution in [2.75, 3.05) is 5.01 Å². The minimum atomic E-state index is -4.61. The predicted molar refractivity (Wildman–Crippen MR) is 137 cm³/mol. The molecule has 12 nitrogen and oxygen atoms in total. The molecular formula is C25H19K3N4O8S2. The molecule has 0 bridgehead atoms. The van der Waals surface area contributed by atoms with Crippen molar-refractivity contribution in [1.29, 1.82) is 0 Å². The minimum Gasteiger partial charge on any atom is -0.858 e. The van der Waals surface area contributed by atoms with Crippen molar-refractivity contribution in [1.82, 2.24) is 9.78 Å². The van der Waals surface area contributed by atoms with Gasteiger partial charge < -0.3 is 14.2 Å². The van der Waals surface area contributed by atoms with Crippen molar-refractivity contribution < 1.29 is 190 Å². The van der Waals surface area contributed by atoms with E-state index in [1.807, 2.05) is 0 Å². The molecule has 0 unspecified atom stereocenters. The zero-order valence-corrected chi connectivity index (χ0v) is 34.4. The summed E-state index contributed by atoms with van der Waals surface area (Å²) in [5.74, 6) is -0.901. The van der Waals surface area contributed by atoms with Crippen LogP contribution < -0.4 is 164 Å². The van der Waals surface area contributed by atoms with Gasteiger partial charge >= 0.3 is 154 Å². The fourth-order valence-corrected chi connectivity index (χ4v) is 4.58. The van der Waals surface area contributed by atoms with Crippen molar-refractivity contribution in [3.05, 3.63) is 89.7 Å². The van der Waals surface area contributed by atoms with Gasteiger partial charge in [-0.2, -0.15) is 15.2 Å². The average Bonchev–Trinajstić information content (AvgIpc) is 3.32. The van der Waals surface area contributed by atoms with Gasteiger partial charge in [0, 0.05) is 5.56 Å². The second kappa shape index (κ2) is 16.9. The fraction of sp³-hybridized carbons (Fsp3) is 0.0800. The number of carbonyl (C=O) groups excluding carboxylic acids is 1. The Morgan fingerprint density at radius 1 is 0.762 bits per heavy atom. The molecule has 2 aromatic carbocycles. The number of hydrogen-bond acceptors (Lipinski definition) is 10. The first-order valence-corrected chi connectivity index (χ1v) is 13.9. The summed E-state index contributed by atoms with van der Waals surface area (Å²) >= 11 is 0. The summed E-state index contributed by atoms with van der Waals surface area (Å²) in [6.45, 7) is 3.26. The Morgan fingerprint density at radius 2 is 1.26 bits per heavy atom. The molecule has 0 atom stereocenters. The first-order chi connectivity index (χ1) is 18.3. The molecular weight excluding hydrogens is 666 g/mol. The summed E-state index contributed by atoms with van der Waals surface area (Å²) in [5, 5.41) is 22.2. The number of hydrogen-bond donors (Lipinski definition) is 0. The van der Waals surface area contributed by atoms with Crippen LogP contribution in [-0.2, 0) is 25.0 Å². The van der Waals surface area contributed by atoms with Crippen molar-refractivity contribution in [2.45, 2.75) is 23.6 Å². The van der Waals surface area contributed by atoms with Gasteiger partial charge in [0.05, 0.1) is 38.1 Å². The molecule has 1 aromatic heterocycles. The largest absolute Gasteiger partial charge is 1.00 e. The van der Waals surface area contributed by atoms with Crippen LogP contribution in [0.2, 0.25) is 0 Å². The third-order valence-corrected chi connectivity index (χ3v) is 7.31. The molecule has 0 fully saturated rings. The molecule has 17 heteroatoms. The molecule has 0 spiro atoms. The van der Waals surface area contributed by atoms with Crippen molar-refractivity contribution >= 4 is 43.6 Å². The van der Waals surface area contributed by atoms with Crippen LogP contribution in [0.3, 0.4) is 0 Å². The molecule has 3 aromatic rings. The number of anilines is 1. The van der Waals surface area contributed by atoms with Gasteiger partial charge in [-0.15, -0.1) is 0 Å². The first kappa shape index (κ1) is 40.6. The van der Waals surface area contributed by atoms with E-state index in [9.17, 15) is 35.8 Å². The Hall–Kier alpha value is 0.539. The van der Waals surface area contributed by atoms with E-state index in [4.69, 9.17) is 0 Å². The maximum atomic E-state index is 12.8. The number of rotatable bonds is 7. The van der Waals surface area contributed by atoms with Gasteiger partial charge in [-0.05, 0) is 74.3 Å². The molecule has 1 amide bonds. The SMILES string of the molecule is CC1=NN(c2ccc(S(=O)(=O)[O-])cc2)C(=O)\C1=C/C=C/C=C/c1c(C)nn(-c2ccc(S(=O)(=O)[O-])cc2)c1[O-].[K+].[K+].[K+]. The molecule has 202 valence electrons. The minimum absolute atomic E-state index is 0. The molecule has 0 saturated heterocycles. The Labute approximate surface area is 370 Å². The van der Waals surface area contributed by atoms with Gasteiger partial charge in [-0.3, -0.25) is 4.79 Å². The van der Waals surface area contributed by atoms with Crippen LogP contribution in [0.1, 0.15) is 18.2 Å². The molecule has 1 aliphatic heterocycles. The maximum Gasteiger partial charge on any atom is 1.00 e. The van der Waals surface area contributed by atoms with Gasteiger partial charge in [0.25, 0.3) is 5.91 Å². The van der Waals surface area contributed by atoms with Crippen molar-refractivity contribution in [3.8, 4) is 11.6 Å². The van der Waals surface area contributed by atoms with Gasteiger partial charge in [0.1, 0.15) is 20.2 Å². The van der Waals surface area contributed by atoms with E-state index in [0.717, 1.165) is 34.0 Å². The van der Waals surface area contributed by atoms with Gasteiger partial charge in [-0.1, -0.05) is 24.3 Å². The van der Waals surface area contributed by atoms with E-state index < -0.39 is 41.8 Å². The third-order valence-electron chi connectivity index (χ3n) is 5.61. The average molecular weight is 685 g/mol. The number of allylic oxidation sites excluding steroid dienone is 4. The molecule has 1 aliphatic rings. The second-order valence-corrected chi connectivity index (χ2v) is 11.0. The van der Waals surface area contributed by atoms with Crippen LogP contribution in [0.5, 0.6) is 5.88 Å². The quantitative estimate of drug-likeness (QED) is 0.101. The monoisotopic (exact) mass is 684 g/mol. The Morgan fingerprint density at radius 3 is 1.76 bits per heavy atom. The number of benzene rings is 2. The summed E-state index contributed by atoms with van der Waals surface area (Å²) in [4.78, 5) is 12.0. The van der Waals surface area contributed by atoms with E-state index in [0.29, 0.717) is 22.8 Å². The standard InChI is InChI=1S/C25H22N4O8S2.3K/c1-16-22(24(30)28(26-16)18-8-12-20(13-9-18)38(32,33)34)6-4-3-5-7-23-17(2)27-29(25(23)31)19-10-14-21(15-11-19)39(35,36)37;;;/h3-15,30H,1-2H3,(H,32,33,34)(H,35,36,37);;;/q;3*+1/p-3/b5-3+,6-4+,23-7-;;;. The summed E-state index contributed by atoms with van der Waals surface area (Å²) in [5.41, 5.74) is 2.00. The summed E-state index contributed by atoms with van der Waals surface area (Å²) in [6.07, 6.45) is 7.80. The zero-order chi connectivity index (χ0) is 28.5. The number of carbonyl (C=O) groups is 1. The van der Waals surface area contributed by atoms with E-state index in [1.165, 1.54) is 36.4 Å². The Kier molecular flexibility index (Phi) is 16.3. The Bertz CT molecular complexity index is 1800. The normalized spacial score (nSPS) is 14.6. The van der Waals surface area contributed by atoms with Crippen LogP contribution in [0.15, 0.2) is 93.3 Å². The van der Waals surface area contributed by atoms with E-state index >= 15 is 0 Å². The molecule has 0 radical (unpaired) electrons. The van der Waals surface area contributed by atoms with E-state index in [-0.39, 0.29) is 165 Å². The van der Waals surface area contributed by atoms with Gasteiger partial charge in [-0.25, -0.2) is 21.5 Å². The molecule has 0 aliphatic carbocycles. The number of aromatic nitrogens is 2. The topological polar surface area (TPSA) is 188 Å². The van der Waals surface area contributed by atoms with Crippen LogP contribution >= 0.6 is 0 Å². The predicted octanol–water partition coefficient (Wildman–Crippen LogP) is -7.01. The number of aryl methyl sites for hydroxylation is 1. The molecule has 42 heavy (non-hydrogen) atoms. The van der Waals surface area contributed by atoms with Crippen LogP contribution in [0.4, 0.5) is 5.69 Å². The molecule has 2 heterocycles. The smallest absolute Gasteiger partial charge is 0.858 e. The van der Waals surface area contributed by atoms with Crippen LogP contribution in [0, 0.1) is 6.92 Å². The first-order valence-electron chi connectivity index (χ1n) is 11.1. The number of amides is 1. The second-order valence-electron chi connectivity index (χ2n) is 8.24. The van der Waals surface area contributed by atoms with Gasteiger partial charge in [0.15, 0.2) is 0 Å². The Balaban J connectivity index is 0.00000294. The molecule has 0 saturated carbocycles. The fourth-order valence-electron chi connectivity index (χ4n) is 3.65. The van der Waals surface area contributed by atoms with Gasteiger partial charge in [0.2, 0.25) is 0 Å². The van der Waals surface area contributed by atoms with Crippen LogP contribution in [0.25, 0.3) is 11.8 Å². The van der Waals surface area contributed by atoms with Crippen molar-refractivity contribution in [3.63, 3.8) is 0 Å². The summed E-state index contributed by atoms with van der Waals surface area (Å²) in [6, 6.07) is 9.64. The van der Waals surface area contributed by atoms with Crippen molar-refractivity contribution in [2.24, 2.45) is 5.10 Å². The third kappa shape index (κ3) is 9.77. The summed E-state index contributed by atoms with van der Waals surface area (Å²) < 4.78 is 67.7. The zero-order valence-electron chi connectivity index (χ0n) is 23.4. The maximum absolute atomic E-state index is 12.8. The van der Waals surface area contributed by atoms with E-state index in [1.54, 1.807) is 32.1 Å². The molecule has 0 N–H and O–H groups in total. The van der Waals surface area contributed by atoms with E-state index in [2.05, 4.69) is 10.2 Å². The van der Waals surface area contributed by atoms with Crippen LogP contribution in [-0.4, -0.2) is 47.3 Å². The number of nitrogens with zero attached hydrogens (tertiary/aromatic N) is 4. The summed E-state index contributed by atoms with van der Waals surface area (Å²) in [7, 11) is -9.22. The molecule has 4 rings (SSSR count). The number of hydrazone groups is 1.